The summed E-state index contributed by atoms with van der Waals surface area (Å²) in [4.78, 5) is 11.9. The number of nitrogens with two attached hydrogens (primary N) is 1. The Labute approximate surface area is 130 Å². The fourth-order valence-electron chi connectivity index (χ4n) is 2.74. The molecule has 0 aromatic carbocycles. The molecule has 0 bridgehead atoms. The first-order valence-corrected chi connectivity index (χ1v) is 7.53. The minimum Gasteiger partial charge on any atom is -0.444 e. The molecule has 1 fully saturated rings. The van der Waals surface area contributed by atoms with Gasteiger partial charge in [-0.15, -0.1) is 0 Å². The second kappa shape index (κ2) is 6.26. The molecule has 3 N–H and O–H groups in total. The maximum atomic E-state index is 11.9. The maximum absolute atomic E-state index is 11.9. The number of carbonyl (C=O) groups is 1. The van der Waals surface area contributed by atoms with Crippen LogP contribution in [0.3, 0.4) is 0 Å². The molecular formula is C15H23N5O2. The SMILES string of the molecule is CC(C)(C)OC(=O)NC1CCCC(n2ncc(C#N)c2N)C1. The lowest BCUT2D eigenvalue weighted by Crippen LogP contribution is -2.42. The van der Waals surface area contributed by atoms with Crippen LogP contribution in [-0.4, -0.2) is 27.5 Å². The molecule has 2 unspecified atom stereocenters. The third-order valence-corrected chi connectivity index (χ3v) is 3.67. The van der Waals surface area contributed by atoms with Crippen molar-refractivity contribution < 1.29 is 9.53 Å². The van der Waals surface area contributed by atoms with Crippen LogP contribution < -0.4 is 11.1 Å². The number of ether oxygens (including phenoxy) is 1. The molecule has 0 aliphatic heterocycles. The van der Waals surface area contributed by atoms with Crippen LogP contribution >= 0.6 is 0 Å². The third-order valence-electron chi connectivity index (χ3n) is 3.67. The fraction of sp³-hybridized carbons (Fsp3) is 0.667. The van der Waals surface area contributed by atoms with Gasteiger partial charge in [0.25, 0.3) is 0 Å². The minimum atomic E-state index is -0.508. The topological polar surface area (TPSA) is 106 Å². The van der Waals surface area contributed by atoms with Gasteiger partial charge in [0.05, 0.1) is 12.2 Å². The number of anilines is 1. The average Bonchev–Trinajstić information content (AvgIpc) is 2.77. The van der Waals surface area contributed by atoms with E-state index in [9.17, 15) is 4.79 Å². The van der Waals surface area contributed by atoms with E-state index in [0.717, 1.165) is 25.7 Å². The van der Waals surface area contributed by atoms with Gasteiger partial charge in [-0.25, -0.2) is 9.48 Å². The molecule has 120 valence electrons. The zero-order valence-corrected chi connectivity index (χ0v) is 13.3. The average molecular weight is 305 g/mol. The Hall–Kier alpha value is -2.23. The predicted molar refractivity (Wildman–Crippen MR) is 82.0 cm³/mol. The lowest BCUT2D eigenvalue weighted by molar-refractivity contribution is 0.0485. The molecule has 2 rings (SSSR count). The van der Waals surface area contributed by atoms with Gasteiger partial charge in [-0.1, -0.05) is 0 Å². The maximum Gasteiger partial charge on any atom is 0.407 e. The van der Waals surface area contributed by atoms with E-state index in [-0.39, 0.29) is 12.1 Å². The Bertz CT molecular complexity index is 582. The van der Waals surface area contributed by atoms with Gasteiger partial charge >= 0.3 is 6.09 Å². The number of nitriles is 1. The van der Waals surface area contributed by atoms with E-state index in [1.807, 2.05) is 26.8 Å². The number of amides is 1. The molecule has 1 aromatic rings. The van der Waals surface area contributed by atoms with Crippen LogP contribution in [0.1, 0.15) is 58.1 Å². The van der Waals surface area contributed by atoms with Crippen LogP contribution in [0.2, 0.25) is 0 Å². The highest BCUT2D eigenvalue weighted by molar-refractivity contribution is 5.68. The van der Waals surface area contributed by atoms with Crippen LogP contribution in [0, 0.1) is 11.3 Å². The zero-order chi connectivity index (χ0) is 16.3. The van der Waals surface area contributed by atoms with E-state index >= 15 is 0 Å². The molecule has 22 heavy (non-hydrogen) atoms. The Morgan fingerprint density at radius 2 is 2.27 bits per heavy atom. The van der Waals surface area contributed by atoms with E-state index in [4.69, 9.17) is 15.7 Å². The summed E-state index contributed by atoms with van der Waals surface area (Å²) in [6.45, 7) is 5.51. The minimum absolute atomic E-state index is 0.0303. The molecule has 1 saturated carbocycles. The Balaban J connectivity index is 1.99. The Morgan fingerprint density at radius 1 is 1.55 bits per heavy atom. The van der Waals surface area contributed by atoms with Gasteiger partial charge < -0.3 is 15.8 Å². The third kappa shape index (κ3) is 3.91. The van der Waals surface area contributed by atoms with Gasteiger partial charge in [0, 0.05) is 6.04 Å². The van der Waals surface area contributed by atoms with Crippen molar-refractivity contribution in [3.05, 3.63) is 11.8 Å². The first-order valence-electron chi connectivity index (χ1n) is 7.53. The van der Waals surface area contributed by atoms with Crippen LogP contribution in [0.5, 0.6) is 0 Å². The summed E-state index contributed by atoms with van der Waals surface area (Å²) < 4.78 is 6.98. The highest BCUT2D eigenvalue weighted by Gasteiger charge is 2.28. The normalized spacial score (nSPS) is 21.9. The first-order chi connectivity index (χ1) is 10.3. The molecule has 7 heteroatoms. The summed E-state index contributed by atoms with van der Waals surface area (Å²) in [5, 5.41) is 16.1. The number of rotatable bonds is 2. The van der Waals surface area contributed by atoms with Gasteiger partial charge in [0.1, 0.15) is 23.1 Å². The number of carbonyl (C=O) groups excluding carboxylic acids is 1. The smallest absolute Gasteiger partial charge is 0.407 e. The molecule has 1 aromatic heterocycles. The summed E-state index contributed by atoms with van der Waals surface area (Å²) in [5.41, 5.74) is 5.82. The summed E-state index contributed by atoms with van der Waals surface area (Å²) in [6.07, 6.45) is 4.62. The number of nitrogens with one attached hydrogen (secondary N) is 1. The van der Waals surface area contributed by atoms with Crippen molar-refractivity contribution >= 4 is 11.9 Å². The monoisotopic (exact) mass is 305 g/mol. The van der Waals surface area contributed by atoms with Gasteiger partial charge in [-0.05, 0) is 46.5 Å². The second-order valence-corrected chi connectivity index (χ2v) is 6.66. The molecular weight excluding hydrogens is 282 g/mol. The van der Waals surface area contributed by atoms with Gasteiger partial charge in [0.2, 0.25) is 0 Å². The van der Waals surface area contributed by atoms with Gasteiger partial charge in [-0.3, -0.25) is 0 Å². The standard InChI is InChI=1S/C15H23N5O2/c1-15(2,3)22-14(21)19-11-5-4-6-12(7-11)20-13(17)10(8-16)9-18-20/h9,11-12H,4-7,17H2,1-3H3,(H,19,21). The zero-order valence-electron chi connectivity index (χ0n) is 13.3. The Morgan fingerprint density at radius 3 is 2.86 bits per heavy atom. The summed E-state index contributed by atoms with van der Waals surface area (Å²) >= 11 is 0. The molecule has 1 aliphatic carbocycles. The van der Waals surface area contributed by atoms with E-state index in [1.165, 1.54) is 6.20 Å². The van der Waals surface area contributed by atoms with E-state index in [2.05, 4.69) is 10.4 Å². The summed E-state index contributed by atoms with van der Waals surface area (Å²) in [6, 6.07) is 2.15. The summed E-state index contributed by atoms with van der Waals surface area (Å²) in [7, 11) is 0. The first kappa shape index (κ1) is 16.1. The van der Waals surface area contributed by atoms with Crippen LogP contribution in [0.4, 0.5) is 10.6 Å². The number of hydrogen-bond donors (Lipinski definition) is 2. The molecule has 0 radical (unpaired) electrons. The highest BCUT2D eigenvalue weighted by atomic mass is 16.6. The van der Waals surface area contributed by atoms with E-state index in [0.29, 0.717) is 11.4 Å². The molecule has 1 aliphatic rings. The molecule has 2 atom stereocenters. The fourth-order valence-corrected chi connectivity index (χ4v) is 2.74. The van der Waals surface area contributed by atoms with E-state index < -0.39 is 11.7 Å². The number of nitrogens with zero attached hydrogens (tertiary/aromatic N) is 3. The molecule has 7 nitrogen and oxygen atoms in total. The van der Waals surface area contributed by atoms with Crippen molar-refractivity contribution in [3.63, 3.8) is 0 Å². The molecule has 1 amide bonds. The summed E-state index contributed by atoms with van der Waals surface area (Å²) in [5.74, 6) is 0.394. The molecule has 1 heterocycles. The van der Waals surface area contributed by atoms with Gasteiger partial charge in [0.15, 0.2) is 0 Å². The van der Waals surface area contributed by atoms with Crippen LogP contribution in [0.25, 0.3) is 0 Å². The van der Waals surface area contributed by atoms with Crippen molar-refractivity contribution in [2.75, 3.05) is 5.73 Å². The van der Waals surface area contributed by atoms with Crippen LogP contribution in [-0.2, 0) is 4.74 Å². The lowest BCUT2D eigenvalue weighted by atomic mass is 9.91. The van der Waals surface area contributed by atoms with Gasteiger partial charge in [-0.2, -0.15) is 10.4 Å². The van der Waals surface area contributed by atoms with Crippen molar-refractivity contribution in [1.82, 2.24) is 15.1 Å². The quantitative estimate of drug-likeness (QED) is 0.872. The number of aromatic nitrogens is 2. The van der Waals surface area contributed by atoms with Crippen molar-refractivity contribution in [1.29, 1.82) is 5.26 Å². The second-order valence-electron chi connectivity index (χ2n) is 6.66. The number of alkyl carbamates (subject to hydrolysis) is 1. The highest BCUT2D eigenvalue weighted by Crippen LogP contribution is 2.30. The lowest BCUT2D eigenvalue weighted by Gasteiger charge is -2.31. The largest absolute Gasteiger partial charge is 0.444 e. The van der Waals surface area contributed by atoms with Crippen LogP contribution in [0.15, 0.2) is 6.20 Å². The van der Waals surface area contributed by atoms with E-state index in [1.54, 1.807) is 4.68 Å². The Kier molecular flexibility index (Phi) is 4.59. The molecule has 0 spiro atoms. The number of hydrogen-bond acceptors (Lipinski definition) is 5. The van der Waals surface area contributed by atoms with Crippen molar-refractivity contribution in [3.8, 4) is 6.07 Å². The number of nitrogen functional groups attached to an aromatic ring is 1. The molecule has 0 saturated heterocycles. The predicted octanol–water partition coefficient (Wildman–Crippen LogP) is 2.35. The van der Waals surface area contributed by atoms with Crippen molar-refractivity contribution in [2.45, 2.75) is 64.1 Å². The van der Waals surface area contributed by atoms with Crippen molar-refractivity contribution in [2.24, 2.45) is 0 Å².